The van der Waals surface area contributed by atoms with Crippen LogP contribution >= 0.6 is 7.60 Å². The summed E-state index contributed by atoms with van der Waals surface area (Å²) in [6.45, 7) is 3.00. The first-order valence-electron chi connectivity index (χ1n) is 14.2. The normalized spacial score (nSPS) is 12.7. The highest BCUT2D eigenvalue weighted by molar-refractivity contribution is 7.51. The summed E-state index contributed by atoms with van der Waals surface area (Å²) < 4.78 is 17.1. The lowest BCUT2D eigenvalue weighted by Gasteiger charge is -2.12. The van der Waals surface area contributed by atoms with Crippen LogP contribution in [0.25, 0.3) is 0 Å². The number of benzene rings is 2. The lowest BCUT2D eigenvalue weighted by atomic mass is 10.0. The third-order valence-corrected chi connectivity index (χ3v) is 7.43. The molecule has 0 aromatic heterocycles. The average Bonchev–Trinajstić information content (AvgIpc) is 2.89. The molecule has 1 atom stereocenters. The van der Waals surface area contributed by atoms with Gasteiger partial charge in [0.1, 0.15) is 5.75 Å². The summed E-state index contributed by atoms with van der Waals surface area (Å²) in [4.78, 5) is 18.3. The molecule has 0 amide bonds. The maximum Gasteiger partial charge on any atom is 0.325 e. The van der Waals surface area contributed by atoms with Crippen molar-refractivity contribution in [2.45, 2.75) is 103 Å². The lowest BCUT2D eigenvalue weighted by molar-refractivity contribution is 0.304. The molecule has 0 radical (unpaired) electrons. The standard InChI is InChI=1S/C30H47N2O4P/c1-2-3-4-5-6-7-8-9-10-11-12-16-25-36-29-23-21-28(22-24-29)31-32-30(20-17-26-37(33,34)35)27-18-14-13-15-19-27/h13-15,18-19,21-24,30H,2-12,16-17,20,25-26H2,1H3,(H2,33,34,35). The summed E-state index contributed by atoms with van der Waals surface area (Å²) in [5, 5.41) is 8.87. The molecule has 1 unspecified atom stereocenters. The van der Waals surface area contributed by atoms with E-state index in [1.165, 1.54) is 70.6 Å². The Morgan fingerprint density at radius 2 is 1.32 bits per heavy atom. The van der Waals surface area contributed by atoms with Gasteiger partial charge >= 0.3 is 7.60 Å². The van der Waals surface area contributed by atoms with Gasteiger partial charge in [-0.05, 0) is 49.1 Å². The molecule has 206 valence electrons. The number of hydrogen-bond acceptors (Lipinski definition) is 4. The molecular formula is C30H47N2O4P. The number of azo groups is 1. The number of unbranched alkanes of at least 4 members (excludes halogenated alkanes) is 11. The molecule has 2 aromatic carbocycles. The van der Waals surface area contributed by atoms with Crippen molar-refractivity contribution in [1.82, 2.24) is 0 Å². The van der Waals surface area contributed by atoms with Gasteiger partial charge in [-0.25, -0.2) is 0 Å². The van der Waals surface area contributed by atoms with Gasteiger partial charge in [0, 0.05) is 6.16 Å². The van der Waals surface area contributed by atoms with Crippen LogP contribution in [-0.2, 0) is 4.57 Å². The van der Waals surface area contributed by atoms with Crippen LogP contribution in [0, 0.1) is 0 Å². The van der Waals surface area contributed by atoms with Gasteiger partial charge in [-0.2, -0.15) is 10.2 Å². The Morgan fingerprint density at radius 3 is 1.89 bits per heavy atom. The van der Waals surface area contributed by atoms with E-state index in [9.17, 15) is 4.57 Å². The molecule has 0 bridgehead atoms. The molecule has 2 rings (SSSR count). The minimum absolute atomic E-state index is 0.142. The Bertz CT molecular complexity index is 900. The molecular weight excluding hydrogens is 483 g/mol. The first-order valence-corrected chi connectivity index (χ1v) is 16.0. The predicted molar refractivity (Wildman–Crippen MR) is 153 cm³/mol. The average molecular weight is 531 g/mol. The number of ether oxygens (including phenoxy) is 1. The van der Waals surface area contributed by atoms with Crippen LogP contribution < -0.4 is 4.74 Å². The smallest absolute Gasteiger partial charge is 0.325 e. The van der Waals surface area contributed by atoms with Crippen LogP contribution in [-0.4, -0.2) is 22.6 Å². The van der Waals surface area contributed by atoms with Crippen LogP contribution in [0.2, 0.25) is 0 Å². The van der Waals surface area contributed by atoms with Gasteiger partial charge in [-0.15, -0.1) is 0 Å². The SMILES string of the molecule is CCCCCCCCCCCCCCOc1ccc(N=NC(CCCP(=O)(O)O)c2ccccc2)cc1. The molecule has 0 fully saturated rings. The fourth-order valence-electron chi connectivity index (χ4n) is 4.34. The number of hydrogen-bond donors (Lipinski definition) is 2. The van der Waals surface area contributed by atoms with Gasteiger partial charge in [0.15, 0.2) is 0 Å². The Morgan fingerprint density at radius 1 is 0.757 bits per heavy atom. The summed E-state index contributed by atoms with van der Waals surface area (Å²) >= 11 is 0. The van der Waals surface area contributed by atoms with Crippen LogP contribution in [0.1, 0.15) is 108 Å². The number of rotatable bonds is 21. The Hall–Kier alpha value is -2.01. The van der Waals surface area contributed by atoms with Crippen LogP contribution in [0.5, 0.6) is 5.75 Å². The van der Waals surface area contributed by atoms with E-state index >= 15 is 0 Å². The molecule has 2 aromatic rings. The molecule has 0 aliphatic heterocycles. The third kappa shape index (κ3) is 15.8. The van der Waals surface area contributed by atoms with Gasteiger partial charge in [0.2, 0.25) is 0 Å². The minimum Gasteiger partial charge on any atom is -0.494 e. The van der Waals surface area contributed by atoms with E-state index in [2.05, 4.69) is 17.2 Å². The summed E-state index contributed by atoms with van der Waals surface area (Å²) in [6.07, 6.45) is 16.7. The molecule has 6 nitrogen and oxygen atoms in total. The molecule has 0 saturated heterocycles. The Labute approximate surface area is 224 Å². The van der Waals surface area contributed by atoms with Crippen molar-refractivity contribution in [3.8, 4) is 5.75 Å². The van der Waals surface area contributed by atoms with E-state index in [4.69, 9.17) is 14.5 Å². The van der Waals surface area contributed by atoms with E-state index in [-0.39, 0.29) is 12.2 Å². The van der Waals surface area contributed by atoms with Gasteiger partial charge in [-0.1, -0.05) is 108 Å². The van der Waals surface area contributed by atoms with E-state index in [0.717, 1.165) is 30.0 Å². The first-order chi connectivity index (χ1) is 18.0. The fourth-order valence-corrected chi connectivity index (χ4v) is 4.93. The second-order valence-electron chi connectivity index (χ2n) is 9.90. The van der Waals surface area contributed by atoms with Gasteiger partial charge in [0.05, 0.1) is 18.3 Å². The summed E-state index contributed by atoms with van der Waals surface area (Å²) in [7, 11) is -4.01. The Kier molecular flexibility index (Phi) is 16.1. The zero-order valence-corrected chi connectivity index (χ0v) is 23.5. The zero-order chi connectivity index (χ0) is 26.6. The van der Waals surface area contributed by atoms with Crippen molar-refractivity contribution >= 4 is 13.3 Å². The van der Waals surface area contributed by atoms with E-state index in [1.54, 1.807) is 0 Å². The van der Waals surface area contributed by atoms with Crippen LogP contribution in [0.4, 0.5) is 5.69 Å². The second-order valence-corrected chi connectivity index (χ2v) is 11.7. The molecule has 0 spiro atoms. The predicted octanol–water partition coefficient (Wildman–Crippen LogP) is 9.55. The largest absolute Gasteiger partial charge is 0.494 e. The number of nitrogens with zero attached hydrogens (tertiary/aromatic N) is 2. The van der Waals surface area contributed by atoms with Crippen molar-refractivity contribution in [3.63, 3.8) is 0 Å². The summed E-state index contributed by atoms with van der Waals surface area (Å²) in [5.74, 6) is 0.836. The highest BCUT2D eigenvalue weighted by Gasteiger charge is 2.16. The van der Waals surface area contributed by atoms with Crippen molar-refractivity contribution in [2.24, 2.45) is 10.2 Å². The monoisotopic (exact) mass is 530 g/mol. The molecule has 0 heterocycles. The van der Waals surface area contributed by atoms with Gasteiger partial charge in [-0.3, -0.25) is 4.57 Å². The molecule has 37 heavy (non-hydrogen) atoms. The fraction of sp³-hybridized carbons (Fsp3) is 0.600. The maximum atomic E-state index is 11.2. The summed E-state index contributed by atoms with van der Waals surface area (Å²) in [5.41, 5.74) is 1.72. The van der Waals surface area contributed by atoms with Crippen LogP contribution in [0.3, 0.4) is 0 Å². The van der Waals surface area contributed by atoms with Crippen molar-refractivity contribution in [2.75, 3.05) is 12.8 Å². The molecule has 2 N–H and O–H groups in total. The highest BCUT2D eigenvalue weighted by atomic mass is 31.2. The van der Waals surface area contributed by atoms with Crippen molar-refractivity contribution in [1.29, 1.82) is 0 Å². The quantitative estimate of drug-likeness (QED) is 0.0955. The Balaban J connectivity index is 1.64. The lowest BCUT2D eigenvalue weighted by Crippen LogP contribution is -1.98. The first kappa shape index (κ1) is 31.2. The maximum absolute atomic E-state index is 11.2. The van der Waals surface area contributed by atoms with Gasteiger partial charge in [0.25, 0.3) is 0 Å². The third-order valence-electron chi connectivity index (χ3n) is 6.53. The highest BCUT2D eigenvalue weighted by Crippen LogP contribution is 2.37. The molecule has 0 aliphatic carbocycles. The van der Waals surface area contributed by atoms with Gasteiger partial charge < -0.3 is 14.5 Å². The van der Waals surface area contributed by atoms with Crippen molar-refractivity contribution < 1.29 is 19.1 Å². The zero-order valence-electron chi connectivity index (χ0n) is 22.6. The van der Waals surface area contributed by atoms with E-state index in [0.29, 0.717) is 12.8 Å². The molecule has 0 aliphatic rings. The molecule has 7 heteroatoms. The topological polar surface area (TPSA) is 91.5 Å². The van der Waals surface area contributed by atoms with E-state index in [1.807, 2.05) is 54.6 Å². The van der Waals surface area contributed by atoms with E-state index < -0.39 is 7.60 Å². The van der Waals surface area contributed by atoms with Crippen molar-refractivity contribution in [3.05, 3.63) is 60.2 Å². The second kappa shape index (κ2) is 19.1. The summed E-state index contributed by atoms with van der Waals surface area (Å²) in [6, 6.07) is 17.1. The minimum atomic E-state index is -4.01. The van der Waals surface area contributed by atoms with Crippen LogP contribution in [0.15, 0.2) is 64.8 Å². The molecule has 0 saturated carbocycles.